The van der Waals surface area contributed by atoms with Crippen LogP contribution in [0.1, 0.15) is 30.5 Å². The fourth-order valence-corrected chi connectivity index (χ4v) is 3.09. The molecule has 0 spiro atoms. The molecule has 0 fully saturated rings. The van der Waals surface area contributed by atoms with Crippen molar-refractivity contribution in [3.05, 3.63) is 68.6 Å². The van der Waals surface area contributed by atoms with Crippen LogP contribution in [-0.4, -0.2) is 36.5 Å². The van der Waals surface area contributed by atoms with Crippen LogP contribution in [-0.2, 0) is 11.3 Å². The first-order chi connectivity index (χ1) is 13.6. The number of halogens is 1. The minimum absolute atomic E-state index is 0.212. The van der Waals surface area contributed by atoms with Gasteiger partial charge in [-0.25, -0.2) is 9.59 Å². The Labute approximate surface area is 172 Å². The van der Waals surface area contributed by atoms with Gasteiger partial charge in [-0.15, -0.1) is 0 Å². The van der Waals surface area contributed by atoms with Gasteiger partial charge in [0.25, 0.3) is 0 Å². The number of carbonyl (C=O) groups is 1. The SMILES string of the molecule is Cc1cc(Cn2nnn(-c3cccc(Cl)c3)c2=O)cc(C)c1OC(C)(C)C(=O)O. The molecule has 0 aliphatic rings. The standard InChI is InChI=1S/C20H21ClN4O4/c1-12-8-14(9-13(2)17(12)29-20(3,4)18(26)27)11-24-19(28)25(23-22-24)16-7-5-6-15(21)10-16/h5-10H,11H2,1-4H3,(H,26,27). The summed E-state index contributed by atoms with van der Waals surface area (Å²) in [7, 11) is 0. The number of rotatable bonds is 6. The van der Waals surface area contributed by atoms with Crippen molar-refractivity contribution in [2.75, 3.05) is 0 Å². The van der Waals surface area contributed by atoms with Crippen molar-refractivity contribution >= 4 is 17.6 Å². The van der Waals surface area contributed by atoms with Crippen LogP contribution in [0.2, 0.25) is 5.02 Å². The maximum atomic E-state index is 12.7. The third-order valence-corrected chi connectivity index (χ3v) is 4.65. The van der Waals surface area contributed by atoms with Gasteiger partial charge in [0.2, 0.25) is 0 Å². The molecule has 0 unspecified atom stereocenters. The van der Waals surface area contributed by atoms with Crippen molar-refractivity contribution in [1.29, 1.82) is 0 Å². The van der Waals surface area contributed by atoms with E-state index in [9.17, 15) is 14.7 Å². The molecule has 8 nitrogen and oxygen atoms in total. The van der Waals surface area contributed by atoms with E-state index in [1.54, 1.807) is 24.3 Å². The fraction of sp³-hybridized carbons (Fsp3) is 0.300. The average molecular weight is 417 g/mol. The lowest BCUT2D eigenvalue weighted by Crippen LogP contribution is -2.38. The van der Waals surface area contributed by atoms with Gasteiger partial charge in [-0.05, 0) is 73.0 Å². The minimum atomic E-state index is -1.35. The summed E-state index contributed by atoms with van der Waals surface area (Å²) < 4.78 is 8.14. The van der Waals surface area contributed by atoms with E-state index in [0.717, 1.165) is 16.7 Å². The zero-order valence-corrected chi connectivity index (χ0v) is 17.3. The molecule has 0 aliphatic heterocycles. The Bertz CT molecular complexity index is 1110. The molecule has 29 heavy (non-hydrogen) atoms. The summed E-state index contributed by atoms with van der Waals surface area (Å²) in [5, 5.41) is 17.7. The Morgan fingerprint density at radius 1 is 1.17 bits per heavy atom. The molecule has 2 aromatic carbocycles. The van der Waals surface area contributed by atoms with Crippen molar-refractivity contribution in [2.24, 2.45) is 0 Å². The number of aryl methyl sites for hydroxylation is 2. The second-order valence-electron chi connectivity index (χ2n) is 7.29. The van der Waals surface area contributed by atoms with Gasteiger partial charge in [0.05, 0.1) is 12.2 Å². The number of benzene rings is 2. The molecule has 9 heteroatoms. The molecule has 1 heterocycles. The number of tetrazole rings is 1. The van der Waals surface area contributed by atoms with Crippen LogP contribution >= 0.6 is 11.6 Å². The Morgan fingerprint density at radius 2 is 1.83 bits per heavy atom. The predicted molar refractivity (Wildman–Crippen MR) is 108 cm³/mol. The van der Waals surface area contributed by atoms with Crippen LogP contribution in [0.25, 0.3) is 5.69 Å². The zero-order valence-electron chi connectivity index (χ0n) is 16.5. The lowest BCUT2D eigenvalue weighted by atomic mass is 10.0. The van der Waals surface area contributed by atoms with Gasteiger partial charge < -0.3 is 9.84 Å². The fourth-order valence-electron chi connectivity index (χ4n) is 2.91. The largest absolute Gasteiger partial charge is 0.478 e. The molecule has 0 amide bonds. The number of carboxylic acids is 1. The molecule has 0 bridgehead atoms. The summed E-state index contributed by atoms with van der Waals surface area (Å²) in [5.74, 6) is -0.541. The first-order valence-electron chi connectivity index (χ1n) is 8.90. The molecular formula is C20H21ClN4O4. The summed E-state index contributed by atoms with van der Waals surface area (Å²) in [6.45, 7) is 6.86. The molecule has 3 aromatic rings. The number of aromatic nitrogens is 4. The number of aliphatic carboxylic acids is 1. The predicted octanol–water partition coefficient (Wildman–Crippen LogP) is 2.99. The number of hydrogen-bond acceptors (Lipinski definition) is 5. The molecule has 1 N–H and O–H groups in total. The van der Waals surface area contributed by atoms with Gasteiger partial charge in [0.15, 0.2) is 5.60 Å². The van der Waals surface area contributed by atoms with Gasteiger partial charge >= 0.3 is 11.7 Å². The lowest BCUT2D eigenvalue weighted by molar-refractivity contribution is -0.152. The van der Waals surface area contributed by atoms with Gasteiger partial charge in [-0.3, -0.25) is 0 Å². The summed E-state index contributed by atoms with van der Waals surface area (Å²) in [6, 6.07) is 10.5. The number of carboxylic acid groups (broad SMARTS) is 1. The molecule has 3 rings (SSSR count). The lowest BCUT2D eigenvalue weighted by Gasteiger charge is -2.24. The summed E-state index contributed by atoms with van der Waals surface area (Å²) in [4.78, 5) is 24.0. The Morgan fingerprint density at radius 3 is 2.41 bits per heavy atom. The Hall–Kier alpha value is -3.13. The third-order valence-electron chi connectivity index (χ3n) is 4.42. The second-order valence-corrected chi connectivity index (χ2v) is 7.72. The summed E-state index contributed by atoms with van der Waals surface area (Å²) in [5.41, 5.74) is 1.14. The van der Waals surface area contributed by atoms with Crippen LogP contribution < -0.4 is 10.4 Å². The Balaban J connectivity index is 1.89. The molecule has 1 aromatic heterocycles. The third kappa shape index (κ3) is 4.32. The van der Waals surface area contributed by atoms with Crippen molar-refractivity contribution in [1.82, 2.24) is 19.8 Å². The molecule has 0 atom stereocenters. The number of ether oxygens (including phenoxy) is 1. The van der Waals surface area contributed by atoms with Crippen LogP contribution in [0.4, 0.5) is 0 Å². The van der Waals surface area contributed by atoms with E-state index < -0.39 is 17.3 Å². The van der Waals surface area contributed by atoms with Crippen LogP contribution in [0.5, 0.6) is 5.75 Å². The van der Waals surface area contributed by atoms with Crippen molar-refractivity contribution < 1.29 is 14.6 Å². The van der Waals surface area contributed by atoms with E-state index in [-0.39, 0.29) is 6.54 Å². The highest BCUT2D eigenvalue weighted by Crippen LogP contribution is 2.29. The molecule has 0 saturated heterocycles. The molecule has 0 aliphatic carbocycles. The van der Waals surface area contributed by atoms with E-state index in [0.29, 0.717) is 16.5 Å². The van der Waals surface area contributed by atoms with Gasteiger partial charge in [0, 0.05) is 5.02 Å². The second kappa shape index (κ2) is 7.71. The Kier molecular flexibility index (Phi) is 5.48. The van der Waals surface area contributed by atoms with E-state index in [4.69, 9.17) is 16.3 Å². The minimum Gasteiger partial charge on any atom is -0.478 e. The molecule has 152 valence electrons. The van der Waals surface area contributed by atoms with Crippen LogP contribution in [0, 0.1) is 13.8 Å². The molecule has 0 radical (unpaired) electrons. The van der Waals surface area contributed by atoms with Crippen molar-refractivity contribution in [3.63, 3.8) is 0 Å². The number of nitrogens with zero attached hydrogens (tertiary/aromatic N) is 4. The van der Waals surface area contributed by atoms with Crippen molar-refractivity contribution in [2.45, 2.75) is 39.8 Å². The van der Waals surface area contributed by atoms with E-state index in [1.807, 2.05) is 26.0 Å². The first-order valence-corrected chi connectivity index (χ1v) is 9.27. The monoisotopic (exact) mass is 416 g/mol. The van der Waals surface area contributed by atoms with E-state index in [1.165, 1.54) is 23.2 Å². The van der Waals surface area contributed by atoms with E-state index >= 15 is 0 Å². The van der Waals surface area contributed by atoms with Gasteiger partial charge in [-0.1, -0.05) is 29.8 Å². The average Bonchev–Trinajstić information content (AvgIpc) is 2.99. The zero-order chi connectivity index (χ0) is 21.3. The topological polar surface area (TPSA) is 99.2 Å². The highest BCUT2D eigenvalue weighted by molar-refractivity contribution is 6.30. The van der Waals surface area contributed by atoms with Crippen LogP contribution in [0.15, 0.2) is 41.2 Å². The maximum absolute atomic E-state index is 12.7. The van der Waals surface area contributed by atoms with E-state index in [2.05, 4.69) is 10.4 Å². The smallest absolute Gasteiger partial charge is 0.368 e. The first kappa shape index (κ1) is 20.6. The highest BCUT2D eigenvalue weighted by atomic mass is 35.5. The number of hydrogen-bond donors (Lipinski definition) is 1. The van der Waals surface area contributed by atoms with Gasteiger partial charge in [-0.2, -0.15) is 9.36 Å². The summed E-state index contributed by atoms with van der Waals surface area (Å²) >= 11 is 5.98. The van der Waals surface area contributed by atoms with Crippen molar-refractivity contribution in [3.8, 4) is 11.4 Å². The maximum Gasteiger partial charge on any atom is 0.368 e. The quantitative estimate of drug-likeness (QED) is 0.663. The molecular weight excluding hydrogens is 396 g/mol. The summed E-state index contributed by atoms with van der Waals surface area (Å²) in [6.07, 6.45) is 0. The normalized spacial score (nSPS) is 11.5. The van der Waals surface area contributed by atoms with Crippen LogP contribution in [0.3, 0.4) is 0 Å². The van der Waals surface area contributed by atoms with Gasteiger partial charge in [0.1, 0.15) is 5.75 Å². The highest BCUT2D eigenvalue weighted by Gasteiger charge is 2.30. The molecule has 0 saturated carbocycles.